The van der Waals surface area contributed by atoms with Crippen molar-refractivity contribution >= 4 is 0 Å². The van der Waals surface area contributed by atoms with Crippen LogP contribution in [-0.2, 0) is 0 Å². The molecule has 4 aliphatic carbocycles. The third kappa shape index (κ3) is 3.68. The predicted molar refractivity (Wildman–Crippen MR) is 124 cm³/mol. The summed E-state index contributed by atoms with van der Waals surface area (Å²) in [5.74, 6) is 5.00. The monoisotopic (exact) mass is 398 g/mol. The van der Waals surface area contributed by atoms with Gasteiger partial charge in [-0.2, -0.15) is 0 Å². The Kier molecular flexibility index (Phi) is 5.86. The van der Waals surface area contributed by atoms with Crippen molar-refractivity contribution in [3.63, 3.8) is 0 Å². The van der Waals surface area contributed by atoms with Gasteiger partial charge in [-0.1, -0.05) is 57.9 Å². The second kappa shape index (κ2) is 7.85. The van der Waals surface area contributed by atoms with Gasteiger partial charge in [0.25, 0.3) is 0 Å². The van der Waals surface area contributed by atoms with Crippen LogP contribution in [0.1, 0.15) is 99.3 Å². The fourth-order valence-corrected chi connectivity index (χ4v) is 8.82. The van der Waals surface area contributed by atoms with E-state index in [1.54, 1.807) is 11.1 Å². The van der Waals surface area contributed by atoms with Crippen molar-refractivity contribution in [1.82, 2.24) is 0 Å². The molecule has 29 heavy (non-hydrogen) atoms. The molecule has 3 saturated carbocycles. The van der Waals surface area contributed by atoms with Gasteiger partial charge in [0.2, 0.25) is 0 Å². The largest absolute Gasteiger partial charge is 0.393 e. The molecule has 7 unspecified atom stereocenters. The number of hydrogen-bond donors (Lipinski definition) is 1. The van der Waals surface area contributed by atoms with Gasteiger partial charge in [-0.15, -0.1) is 0 Å². The highest BCUT2D eigenvalue weighted by Crippen LogP contribution is 2.67. The molecule has 0 radical (unpaired) electrons. The van der Waals surface area contributed by atoms with E-state index in [0.717, 1.165) is 48.3 Å². The van der Waals surface area contributed by atoms with Gasteiger partial charge in [0.15, 0.2) is 0 Å². The average molecular weight is 399 g/mol. The van der Waals surface area contributed by atoms with E-state index >= 15 is 0 Å². The van der Waals surface area contributed by atoms with Gasteiger partial charge in [0.1, 0.15) is 0 Å². The van der Waals surface area contributed by atoms with Crippen molar-refractivity contribution in [3.05, 3.63) is 23.3 Å². The van der Waals surface area contributed by atoms with E-state index in [0.29, 0.717) is 10.8 Å². The summed E-state index contributed by atoms with van der Waals surface area (Å²) in [6, 6.07) is 0. The van der Waals surface area contributed by atoms with E-state index in [-0.39, 0.29) is 6.10 Å². The van der Waals surface area contributed by atoms with E-state index in [2.05, 4.69) is 53.7 Å². The number of rotatable bonds is 4. The minimum absolute atomic E-state index is 0.0858. The molecule has 0 bridgehead atoms. The highest BCUT2D eigenvalue weighted by Gasteiger charge is 2.58. The van der Waals surface area contributed by atoms with E-state index in [1.165, 1.54) is 44.9 Å². The van der Waals surface area contributed by atoms with Gasteiger partial charge >= 0.3 is 0 Å². The number of fused-ring (bicyclic) bond motifs is 5. The Hall–Kier alpha value is -0.560. The Labute approximate surface area is 180 Å². The Morgan fingerprint density at radius 2 is 1.86 bits per heavy atom. The zero-order valence-corrected chi connectivity index (χ0v) is 20.0. The van der Waals surface area contributed by atoms with Gasteiger partial charge in [0, 0.05) is 0 Å². The van der Waals surface area contributed by atoms with Crippen LogP contribution < -0.4 is 0 Å². The van der Waals surface area contributed by atoms with Crippen LogP contribution in [0.25, 0.3) is 0 Å². The molecule has 1 nitrogen and oxygen atoms in total. The fraction of sp³-hybridized carbons (Fsp3) is 0.857. The molecular weight excluding hydrogens is 352 g/mol. The van der Waals surface area contributed by atoms with Crippen LogP contribution in [0.4, 0.5) is 0 Å². The van der Waals surface area contributed by atoms with Crippen molar-refractivity contribution in [3.8, 4) is 0 Å². The minimum Gasteiger partial charge on any atom is -0.393 e. The first-order valence-electron chi connectivity index (χ1n) is 12.7. The summed E-state index contributed by atoms with van der Waals surface area (Å²) < 4.78 is 0. The summed E-state index contributed by atoms with van der Waals surface area (Å²) in [4.78, 5) is 0. The van der Waals surface area contributed by atoms with Crippen LogP contribution in [0.15, 0.2) is 23.3 Å². The lowest BCUT2D eigenvalue weighted by Crippen LogP contribution is -2.50. The Morgan fingerprint density at radius 1 is 1.10 bits per heavy atom. The molecule has 0 saturated heterocycles. The quantitative estimate of drug-likeness (QED) is 0.484. The average Bonchev–Trinajstić information content (AvgIpc) is 2.99. The first-order valence-corrected chi connectivity index (χ1v) is 12.7. The van der Waals surface area contributed by atoms with Crippen molar-refractivity contribution in [1.29, 1.82) is 0 Å². The molecule has 4 rings (SSSR count). The zero-order chi connectivity index (χ0) is 21.0. The predicted octanol–water partition coefficient (Wildman–Crippen LogP) is 7.55. The molecule has 0 aromatic heterocycles. The first-order chi connectivity index (χ1) is 13.6. The van der Waals surface area contributed by atoms with Crippen LogP contribution in [0.3, 0.4) is 0 Å². The maximum absolute atomic E-state index is 10.2. The molecule has 0 spiro atoms. The van der Waals surface area contributed by atoms with Gasteiger partial charge in [-0.3, -0.25) is 0 Å². The van der Waals surface area contributed by atoms with Gasteiger partial charge < -0.3 is 5.11 Å². The Morgan fingerprint density at radius 3 is 2.59 bits per heavy atom. The third-order valence-electron chi connectivity index (χ3n) is 10.1. The van der Waals surface area contributed by atoms with Crippen molar-refractivity contribution < 1.29 is 5.11 Å². The second-order valence-corrected chi connectivity index (χ2v) is 12.4. The summed E-state index contributed by atoms with van der Waals surface area (Å²) in [5.41, 5.74) is 4.12. The summed E-state index contributed by atoms with van der Waals surface area (Å²) in [6.07, 6.45) is 16.6. The van der Waals surface area contributed by atoms with E-state index in [1.807, 2.05) is 0 Å². The smallest absolute Gasteiger partial charge is 0.0577 e. The maximum atomic E-state index is 10.2. The van der Waals surface area contributed by atoms with Gasteiger partial charge in [-0.05, 0) is 111 Å². The molecule has 1 heteroatoms. The number of aliphatic hydroxyl groups excluding tert-OH is 1. The molecule has 8 atom stereocenters. The number of aliphatic hydroxyl groups is 1. The lowest BCUT2D eigenvalue weighted by Gasteiger charge is -2.58. The molecule has 0 heterocycles. The molecule has 1 N–H and O–H groups in total. The maximum Gasteiger partial charge on any atom is 0.0577 e. The van der Waals surface area contributed by atoms with E-state index in [9.17, 15) is 5.11 Å². The summed E-state index contributed by atoms with van der Waals surface area (Å²) >= 11 is 0. The van der Waals surface area contributed by atoms with E-state index < -0.39 is 0 Å². The van der Waals surface area contributed by atoms with Crippen LogP contribution >= 0.6 is 0 Å². The van der Waals surface area contributed by atoms with Crippen molar-refractivity contribution in [2.45, 2.75) is 105 Å². The van der Waals surface area contributed by atoms with Crippen molar-refractivity contribution in [2.75, 3.05) is 0 Å². The molecule has 0 aromatic carbocycles. The summed E-state index contributed by atoms with van der Waals surface area (Å²) in [7, 11) is 0. The van der Waals surface area contributed by atoms with Crippen LogP contribution in [-0.4, -0.2) is 11.2 Å². The normalized spacial score (nSPS) is 46.0. The lowest BCUT2D eigenvalue weighted by atomic mass is 9.47. The van der Waals surface area contributed by atoms with Crippen molar-refractivity contribution in [2.24, 2.45) is 46.3 Å². The molecule has 3 fully saturated rings. The summed E-state index contributed by atoms with van der Waals surface area (Å²) in [6.45, 7) is 14.8. The highest BCUT2D eigenvalue weighted by molar-refractivity contribution is 5.25. The number of hydrogen-bond acceptors (Lipinski definition) is 1. The fourth-order valence-electron chi connectivity index (χ4n) is 8.82. The summed E-state index contributed by atoms with van der Waals surface area (Å²) in [5, 5.41) is 10.2. The Bertz CT molecular complexity index is 672. The Balaban J connectivity index is 1.54. The molecule has 164 valence electrons. The molecular formula is C28H46O. The topological polar surface area (TPSA) is 20.2 Å². The zero-order valence-electron chi connectivity index (χ0n) is 20.0. The molecule has 0 aromatic rings. The SMILES string of the molecule is C/C(=C\[C@@H](C)C1CCC2C3CC=C4CC(O)CCC4(C)C3CCC21C)CC(C)C. The van der Waals surface area contributed by atoms with Gasteiger partial charge in [-0.25, -0.2) is 0 Å². The molecule has 0 aliphatic heterocycles. The standard InChI is InChI=1S/C28H46O/c1-18(2)15-19(3)16-20(4)24-9-10-25-23-8-7-21-17-22(29)11-13-27(21,5)26(23)12-14-28(24,25)6/h7,16,18,20,22-26,29H,8-15,17H2,1-6H3/b19-16+/t20-,22?,23?,24?,25?,26?,27?,28?/m1/s1. The number of allylic oxidation sites excluding steroid dienone is 3. The third-order valence-corrected chi connectivity index (χ3v) is 10.1. The van der Waals surface area contributed by atoms with Crippen LogP contribution in [0.2, 0.25) is 0 Å². The molecule has 4 aliphatic rings. The highest BCUT2D eigenvalue weighted by atomic mass is 16.3. The van der Waals surface area contributed by atoms with Gasteiger partial charge in [0.05, 0.1) is 6.10 Å². The molecule has 0 amide bonds. The van der Waals surface area contributed by atoms with E-state index in [4.69, 9.17) is 0 Å². The lowest BCUT2D eigenvalue weighted by molar-refractivity contribution is -0.0541. The van der Waals surface area contributed by atoms with Crippen LogP contribution in [0, 0.1) is 46.3 Å². The second-order valence-electron chi connectivity index (χ2n) is 12.4. The van der Waals surface area contributed by atoms with Crippen LogP contribution in [0.5, 0.6) is 0 Å². The first kappa shape index (κ1) is 21.7. The minimum atomic E-state index is -0.0858.